The first-order valence-corrected chi connectivity index (χ1v) is 7.06. The maximum Gasteiger partial charge on any atom is 0.255 e. The van der Waals surface area contributed by atoms with E-state index in [9.17, 15) is 9.59 Å². The maximum atomic E-state index is 12.1. The third kappa shape index (κ3) is 3.70. The van der Waals surface area contributed by atoms with Crippen LogP contribution in [0.2, 0.25) is 0 Å². The molecule has 0 aliphatic rings. The van der Waals surface area contributed by atoms with Gasteiger partial charge in [0, 0.05) is 16.8 Å². The van der Waals surface area contributed by atoms with Crippen LogP contribution in [-0.2, 0) is 0 Å². The van der Waals surface area contributed by atoms with E-state index in [2.05, 4.69) is 21.2 Å². The van der Waals surface area contributed by atoms with Crippen LogP contribution in [0, 0.1) is 0 Å². The first kappa shape index (κ1) is 15.3. The minimum Gasteiger partial charge on any atom is -0.496 e. The van der Waals surface area contributed by atoms with Crippen LogP contribution in [0.1, 0.15) is 27.6 Å². The molecule has 5 heteroatoms. The van der Waals surface area contributed by atoms with Crippen LogP contribution in [0.3, 0.4) is 0 Å². The average Bonchev–Trinajstić information content (AvgIpc) is 2.47. The number of carbonyl (C=O) groups excluding carboxylic acids is 2. The number of benzene rings is 2. The molecule has 21 heavy (non-hydrogen) atoms. The minimum atomic E-state index is -0.228. The van der Waals surface area contributed by atoms with E-state index in [4.69, 9.17) is 4.74 Å². The number of nitrogens with one attached hydrogen (secondary N) is 1. The molecule has 2 rings (SSSR count). The monoisotopic (exact) mass is 347 g/mol. The highest BCUT2D eigenvalue weighted by molar-refractivity contribution is 9.10. The first-order valence-electron chi connectivity index (χ1n) is 6.27. The van der Waals surface area contributed by atoms with Crippen LogP contribution in [0.25, 0.3) is 0 Å². The van der Waals surface area contributed by atoms with Crippen LogP contribution in [-0.4, -0.2) is 18.8 Å². The first-order chi connectivity index (χ1) is 10.0. The van der Waals surface area contributed by atoms with Gasteiger partial charge in [0.1, 0.15) is 5.75 Å². The fourth-order valence-corrected chi connectivity index (χ4v) is 2.34. The fourth-order valence-electron chi connectivity index (χ4n) is 1.80. The molecule has 108 valence electrons. The van der Waals surface area contributed by atoms with Gasteiger partial charge in [0.25, 0.3) is 5.91 Å². The largest absolute Gasteiger partial charge is 0.496 e. The molecule has 0 radical (unpaired) electrons. The number of hydrogen-bond acceptors (Lipinski definition) is 3. The van der Waals surface area contributed by atoms with E-state index in [1.807, 2.05) is 0 Å². The van der Waals surface area contributed by atoms with Crippen molar-refractivity contribution < 1.29 is 14.3 Å². The van der Waals surface area contributed by atoms with Gasteiger partial charge in [0.2, 0.25) is 0 Å². The highest BCUT2D eigenvalue weighted by atomic mass is 79.9. The second kappa shape index (κ2) is 6.54. The Bertz CT molecular complexity index is 680. The topological polar surface area (TPSA) is 55.4 Å². The molecule has 0 fully saturated rings. The van der Waals surface area contributed by atoms with Crippen molar-refractivity contribution >= 4 is 33.3 Å². The lowest BCUT2D eigenvalue weighted by atomic mass is 10.1. The lowest BCUT2D eigenvalue weighted by Gasteiger charge is -2.08. The lowest BCUT2D eigenvalue weighted by Crippen LogP contribution is -2.12. The molecule has 1 N–H and O–H groups in total. The van der Waals surface area contributed by atoms with E-state index in [0.29, 0.717) is 27.0 Å². The van der Waals surface area contributed by atoms with Gasteiger partial charge in [-0.05, 0) is 65.3 Å². The van der Waals surface area contributed by atoms with Gasteiger partial charge < -0.3 is 10.1 Å². The molecule has 0 aliphatic heterocycles. The van der Waals surface area contributed by atoms with Gasteiger partial charge in [-0.1, -0.05) is 0 Å². The van der Waals surface area contributed by atoms with Crippen molar-refractivity contribution in [3.05, 3.63) is 58.1 Å². The van der Waals surface area contributed by atoms with E-state index in [-0.39, 0.29) is 11.7 Å². The van der Waals surface area contributed by atoms with Gasteiger partial charge in [-0.25, -0.2) is 0 Å². The Kier molecular flexibility index (Phi) is 4.75. The predicted octanol–water partition coefficient (Wildman–Crippen LogP) is 3.91. The lowest BCUT2D eigenvalue weighted by molar-refractivity contribution is 0.101. The van der Waals surface area contributed by atoms with E-state index < -0.39 is 0 Å². The number of hydrogen-bond donors (Lipinski definition) is 1. The molecule has 0 bridgehead atoms. The van der Waals surface area contributed by atoms with Gasteiger partial charge in [-0.2, -0.15) is 0 Å². The van der Waals surface area contributed by atoms with Crippen LogP contribution < -0.4 is 10.1 Å². The number of ether oxygens (including phenoxy) is 1. The Hall–Kier alpha value is -2.14. The standard InChI is InChI=1S/C16H14BrNO3/c1-10(19)11-3-6-13(7-4-11)18-16(20)12-5-8-15(21-2)14(17)9-12/h3-9H,1-2H3,(H,18,20). The maximum absolute atomic E-state index is 12.1. The summed E-state index contributed by atoms with van der Waals surface area (Å²) >= 11 is 3.34. The van der Waals surface area contributed by atoms with Crippen molar-refractivity contribution in [1.82, 2.24) is 0 Å². The molecule has 0 spiro atoms. The van der Waals surface area contributed by atoms with Crippen LogP contribution in [0.15, 0.2) is 46.9 Å². The summed E-state index contributed by atoms with van der Waals surface area (Å²) in [7, 11) is 1.57. The number of Topliss-reactive ketones (excluding diaryl/α,β-unsaturated/α-hetero) is 1. The fraction of sp³-hybridized carbons (Fsp3) is 0.125. The summed E-state index contributed by atoms with van der Waals surface area (Å²) in [5.74, 6) is 0.429. The number of ketones is 1. The second-order valence-corrected chi connectivity index (χ2v) is 5.29. The Morgan fingerprint density at radius 2 is 1.67 bits per heavy atom. The quantitative estimate of drug-likeness (QED) is 0.853. The number of amides is 1. The number of methoxy groups -OCH3 is 1. The Morgan fingerprint density at radius 3 is 2.19 bits per heavy atom. The Balaban J connectivity index is 2.14. The summed E-state index contributed by atoms with van der Waals surface area (Å²) in [6.45, 7) is 1.50. The van der Waals surface area contributed by atoms with Crippen LogP contribution in [0.5, 0.6) is 5.75 Å². The van der Waals surface area contributed by atoms with E-state index in [0.717, 1.165) is 0 Å². The van der Waals surface area contributed by atoms with Crippen molar-refractivity contribution in [3.63, 3.8) is 0 Å². The van der Waals surface area contributed by atoms with E-state index >= 15 is 0 Å². The summed E-state index contributed by atoms with van der Waals surface area (Å²) in [5.41, 5.74) is 1.76. The van der Waals surface area contributed by atoms with Crippen molar-refractivity contribution in [2.24, 2.45) is 0 Å². The minimum absolute atomic E-state index is 0.00744. The smallest absolute Gasteiger partial charge is 0.255 e. The number of carbonyl (C=O) groups is 2. The van der Waals surface area contributed by atoms with Crippen molar-refractivity contribution in [3.8, 4) is 5.75 Å². The average molecular weight is 348 g/mol. The molecular weight excluding hydrogens is 334 g/mol. The molecule has 0 saturated carbocycles. The molecule has 2 aromatic carbocycles. The van der Waals surface area contributed by atoms with Crippen molar-refractivity contribution in [1.29, 1.82) is 0 Å². The summed E-state index contributed by atoms with van der Waals surface area (Å²) in [4.78, 5) is 23.3. The third-order valence-electron chi connectivity index (χ3n) is 2.96. The second-order valence-electron chi connectivity index (χ2n) is 4.44. The van der Waals surface area contributed by atoms with Gasteiger partial charge in [0.05, 0.1) is 11.6 Å². The summed E-state index contributed by atoms with van der Waals surface area (Å²) in [5, 5.41) is 2.78. The van der Waals surface area contributed by atoms with E-state index in [1.165, 1.54) is 6.92 Å². The molecule has 0 heterocycles. The van der Waals surface area contributed by atoms with Gasteiger partial charge in [0.15, 0.2) is 5.78 Å². The van der Waals surface area contributed by atoms with Gasteiger partial charge in [-0.3, -0.25) is 9.59 Å². The zero-order chi connectivity index (χ0) is 15.4. The van der Waals surface area contributed by atoms with Crippen molar-refractivity contribution in [2.75, 3.05) is 12.4 Å². The SMILES string of the molecule is COc1ccc(C(=O)Nc2ccc(C(C)=O)cc2)cc1Br. The highest BCUT2D eigenvalue weighted by Gasteiger charge is 2.09. The molecule has 2 aromatic rings. The van der Waals surface area contributed by atoms with Crippen LogP contribution >= 0.6 is 15.9 Å². The molecule has 0 unspecified atom stereocenters. The molecule has 0 atom stereocenters. The molecular formula is C16H14BrNO3. The number of rotatable bonds is 4. The van der Waals surface area contributed by atoms with Gasteiger partial charge >= 0.3 is 0 Å². The molecule has 0 aliphatic carbocycles. The molecule has 0 saturated heterocycles. The highest BCUT2D eigenvalue weighted by Crippen LogP contribution is 2.25. The zero-order valence-electron chi connectivity index (χ0n) is 11.6. The molecule has 1 amide bonds. The van der Waals surface area contributed by atoms with Crippen molar-refractivity contribution in [2.45, 2.75) is 6.92 Å². The summed E-state index contributed by atoms with van der Waals surface area (Å²) < 4.78 is 5.84. The molecule has 0 aromatic heterocycles. The molecule has 4 nitrogen and oxygen atoms in total. The normalized spacial score (nSPS) is 10.0. The number of anilines is 1. The summed E-state index contributed by atoms with van der Waals surface area (Å²) in [6.07, 6.45) is 0. The summed E-state index contributed by atoms with van der Waals surface area (Å²) in [6, 6.07) is 11.9. The van der Waals surface area contributed by atoms with Gasteiger partial charge in [-0.15, -0.1) is 0 Å². The zero-order valence-corrected chi connectivity index (χ0v) is 13.2. The van der Waals surface area contributed by atoms with E-state index in [1.54, 1.807) is 49.6 Å². The Morgan fingerprint density at radius 1 is 1.05 bits per heavy atom. The third-order valence-corrected chi connectivity index (χ3v) is 3.58. The predicted molar refractivity (Wildman–Crippen MR) is 85.1 cm³/mol. The Labute approximate surface area is 131 Å². The number of halogens is 1. The van der Waals surface area contributed by atoms with Crippen LogP contribution in [0.4, 0.5) is 5.69 Å².